The van der Waals surface area contributed by atoms with Crippen molar-refractivity contribution in [2.45, 2.75) is 51.5 Å². The Hall–Kier alpha value is -3.26. The SMILES string of the molecule is CC(=O)N1c2ccc(N)cc2C(C)(c2ccc(OCCCNC(=O)N3CCOCC3)cc2)CC1(C)C. The molecule has 2 aliphatic rings. The van der Waals surface area contributed by atoms with Gasteiger partial charge in [-0.3, -0.25) is 4.79 Å². The third-order valence-corrected chi connectivity index (χ3v) is 7.22. The van der Waals surface area contributed by atoms with Crippen LogP contribution in [0.4, 0.5) is 16.2 Å². The number of benzene rings is 2. The topological polar surface area (TPSA) is 97.1 Å². The maximum absolute atomic E-state index is 12.6. The first-order valence-electron chi connectivity index (χ1n) is 12.7. The Balaban J connectivity index is 1.41. The number of nitrogen functional groups attached to an aromatic ring is 1. The fourth-order valence-electron chi connectivity index (χ4n) is 5.66. The molecule has 0 aromatic heterocycles. The standard InChI is InChI=1S/C28H38N4O4/c1-20(33)32-25-11-8-22(29)18-24(25)28(4,19-27(32,2)3)21-6-9-23(10-7-21)36-15-5-12-30-26(34)31-13-16-35-17-14-31/h6-11,18H,5,12-17,19,29H2,1-4H3,(H,30,34). The molecule has 1 unspecified atom stereocenters. The molecular formula is C28H38N4O4. The summed E-state index contributed by atoms with van der Waals surface area (Å²) in [5, 5.41) is 2.94. The van der Waals surface area contributed by atoms with Gasteiger partial charge in [0, 0.05) is 48.9 Å². The number of morpholine rings is 1. The van der Waals surface area contributed by atoms with E-state index in [4.69, 9.17) is 15.2 Å². The van der Waals surface area contributed by atoms with Gasteiger partial charge in [-0.05, 0) is 68.1 Å². The maximum atomic E-state index is 12.6. The molecule has 0 saturated carbocycles. The fraction of sp³-hybridized carbons (Fsp3) is 0.500. The predicted octanol–water partition coefficient (Wildman–Crippen LogP) is 3.92. The number of carbonyl (C=O) groups is 2. The van der Waals surface area contributed by atoms with Crippen molar-refractivity contribution < 1.29 is 19.1 Å². The van der Waals surface area contributed by atoms with Gasteiger partial charge in [-0.2, -0.15) is 0 Å². The van der Waals surface area contributed by atoms with E-state index >= 15 is 0 Å². The highest BCUT2D eigenvalue weighted by Crippen LogP contribution is 2.51. The van der Waals surface area contributed by atoms with Crippen molar-refractivity contribution in [2.24, 2.45) is 0 Å². The predicted molar refractivity (Wildman–Crippen MR) is 142 cm³/mol. The Labute approximate surface area is 213 Å². The normalized spacial score (nSPS) is 21.0. The van der Waals surface area contributed by atoms with Crippen LogP contribution in [-0.2, 0) is 14.9 Å². The van der Waals surface area contributed by atoms with Crippen LogP contribution in [0.5, 0.6) is 5.75 Å². The molecule has 0 radical (unpaired) electrons. The molecule has 1 atom stereocenters. The molecular weight excluding hydrogens is 456 g/mol. The minimum atomic E-state index is -0.357. The number of ether oxygens (including phenoxy) is 2. The molecule has 3 N–H and O–H groups in total. The van der Waals surface area contributed by atoms with Crippen LogP contribution >= 0.6 is 0 Å². The summed E-state index contributed by atoms with van der Waals surface area (Å²) in [5.74, 6) is 0.813. The van der Waals surface area contributed by atoms with E-state index in [1.807, 2.05) is 35.2 Å². The molecule has 8 nitrogen and oxygen atoms in total. The first-order valence-corrected chi connectivity index (χ1v) is 12.7. The smallest absolute Gasteiger partial charge is 0.317 e. The number of nitrogens with one attached hydrogen (secondary N) is 1. The van der Waals surface area contributed by atoms with Gasteiger partial charge >= 0.3 is 6.03 Å². The first kappa shape index (κ1) is 25.8. The van der Waals surface area contributed by atoms with Crippen LogP contribution in [0.3, 0.4) is 0 Å². The number of carbonyl (C=O) groups excluding carboxylic acids is 2. The van der Waals surface area contributed by atoms with Gasteiger partial charge in [0.1, 0.15) is 5.75 Å². The molecule has 0 aliphatic carbocycles. The van der Waals surface area contributed by atoms with E-state index in [2.05, 4.69) is 38.2 Å². The van der Waals surface area contributed by atoms with Crippen LogP contribution < -0.4 is 20.7 Å². The van der Waals surface area contributed by atoms with Crippen molar-refractivity contribution in [1.82, 2.24) is 10.2 Å². The quantitative estimate of drug-likeness (QED) is 0.469. The summed E-state index contributed by atoms with van der Waals surface area (Å²) in [7, 11) is 0. The van der Waals surface area contributed by atoms with Crippen molar-refractivity contribution in [3.63, 3.8) is 0 Å². The molecule has 2 aromatic carbocycles. The molecule has 3 amide bonds. The van der Waals surface area contributed by atoms with Crippen molar-refractivity contribution in [3.05, 3.63) is 53.6 Å². The number of nitrogens with zero attached hydrogens (tertiary/aromatic N) is 2. The number of rotatable bonds is 6. The van der Waals surface area contributed by atoms with E-state index in [0.29, 0.717) is 45.1 Å². The van der Waals surface area contributed by atoms with E-state index in [-0.39, 0.29) is 22.9 Å². The Bertz CT molecular complexity index is 1100. The lowest BCUT2D eigenvalue weighted by atomic mass is 9.65. The Morgan fingerprint density at radius 3 is 2.44 bits per heavy atom. The van der Waals surface area contributed by atoms with Gasteiger partial charge in [-0.15, -0.1) is 0 Å². The van der Waals surface area contributed by atoms with Gasteiger partial charge in [0.25, 0.3) is 0 Å². The summed E-state index contributed by atoms with van der Waals surface area (Å²) in [5.41, 5.74) is 9.31. The molecule has 4 rings (SSSR count). The Morgan fingerprint density at radius 1 is 1.08 bits per heavy atom. The number of hydrogen-bond donors (Lipinski definition) is 2. The molecule has 194 valence electrons. The zero-order valence-electron chi connectivity index (χ0n) is 21.8. The average molecular weight is 495 g/mol. The van der Waals surface area contributed by atoms with E-state index in [1.54, 1.807) is 11.8 Å². The summed E-state index contributed by atoms with van der Waals surface area (Å²) in [6.45, 7) is 11.6. The lowest BCUT2D eigenvalue weighted by Gasteiger charge is -2.51. The van der Waals surface area contributed by atoms with Gasteiger partial charge < -0.3 is 30.3 Å². The third-order valence-electron chi connectivity index (χ3n) is 7.22. The van der Waals surface area contributed by atoms with Gasteiger partial charge in [0.15, 0.2) is 0 Å². The zero-order chi connectivity index (χ0) is 25.9. The Morgan fingerprint density at radius 2 is 1.78 bits per heavy atom. The van der Waals surface area contributed by atoms with Crippen LogP contribution in [0.2, 0.25) is 0 Å². The number of urea groups is 1. The van der Waals surface area contributed by atoms with Crippen LogP contribution in [0.1, 0.15) is 51.7 Å². The van der Waals surface area contributed by atoms with Crippen LogP contribution in [0.15, 0.2) is 42.5 Å². The van der Waals surface area contributed by atoms with E-state index in [9.17, 15) is 9.59 Å². The van der Waals surface area contributed by atoms with Gasteiger partial charge in [0.2, 0.25) is 5.91 Å². The first-order chi connectivity index (χ1) is 17.1. The summed E-state index contributed by atoms with van der Waals surface area (Å²) in [6.07, 6.45) is 1.48. The maximum Gasteiger partial charge on any atom is 0.317 e. The average Bonchev–Trinajstić information content (AvgIpc) is 2.84. The van der Waals surface area contributed by atoms with Crippen molar-refractivity contribution >= 4 is 23.3 Å². The highest BCUT2D eigenvalue weighted by Gasteiger charge is 2.47. The molecule has 1 fully saturated rings. The number of hydrogen-bond acceptors (Lipinski definition) is 5. The number of amides is 3. The molecule has 8 heteroatoms. The number of nitrogens with two attached hydrogens (primary N) is 1. The summed E-state index contributed by atoms with van der Waals surface area (Å²) in [4.78, 5) is 28.4. The van der Waals surface area contributed by atoms with Crippen LogP contribution in [0.25, 0.3) is 0 Å². The zero-order valence-corrected chi connectivity index (χ0v) is 21.8. The minimum absolute atomic E-state index is 0.0259. The van der Waals surface area contributed by atoms with Gasteiger partial charge in [-0.1, -0.05) is 19.1 Å². The second kappa shape index (κ2) is 10.4. The highest BCUT2D eigenvalue weighted by molar-refractivity contribution is 5.95. The highest BCUT2D eigenvalue weighted by atomic mass is 16.5. The molecule has 36 heavy (non-hydrogen) atoms. The third kappa shape index (κ3) is 5.28. The molecule has 2 aliphatic heterocycles. The molecule has 1 saturated heterocycles. The van der Waals surface area contributed by atoms with Crippen molar-refractivity contribution in [2.75, 3.05) is 50.1 Å². The van der Waals surface area contributed by atoms with E-state index < -0.39 is 0 Å². The van der Waals surface area contributed by atoms with E-state index in [0.717, 1.165) is 35.4 Å². The van der Waals surface area contributed by atoms with Gasteiger partial charge in [-0.25, -0.2) is 4.79 Å². The molecule has 2 heterocycles. The monoisotopic (exact) mass is 494 g/mol. The van der Waals surface area contributed by atoms with Crippen molar-refractivity contribution in [1.29, 1.82) is 0 Å². The van der Waals surface area contributed by atoms with Gasteiger partial charge in [0.05, 0.1) is 19.8 Å². The fourth-order valence-corrected chi connectivity index (χ4v) is 5.66. The molecule has 0 spiro atoms. The lowest BCUT2D eigenvalue weighted by Crippen LogP contribution is -2.55. The summed E-state index contributed by atoms with van der Waals surface area (Å²) >= 11 is 0. The second-order valence-corrected chi connectivity index (χ2v) is 10.5. The number of anilines is 2. The lowest BCUT2D eigenvalue weighted by molar-refractivity contribution is -0.117. The minimum Gasteiger partial charge on any atom is -0.494 e. The van der Waals surface area contributed by atoms with Crippen LogP contribution in [0, 0.1) is 0 Å². The molecule has 0 bridgehead atoms. The summed E-state index contributed by atoms with van der Waals surface area (Å²) in [6, 6.07) is 13.9. The summed E-state index contributed by atoms with van der Waals surface area (Å²) < 4.78 is 11.2. The van der Waals surface area contributed by atoms with E-state index in [1.165, 1.54) is 0 Å². The molecule has 2 aromatic rings. The van der Waals surface area contributed by atoms with Crippen LogP contribution in [-0.4, -0.2) is 61.8 Å². The Kier molecular flexibility index (Phi) is 7.45. The number of fused-ring (bicyclic) bond motifs is 1. The largest absolute Gasteiger partial charge is 0.494 e. The van der Waals surface area contributed by atoms with Crippen molar-refractivity contribution in [3.8, 4) is 5.75 Å². The second-order valence-electron chi connectivity index (χ2n) is 10.5.